The van der Waals surface area contributed by atoms with E-state index in [9.17, 15) is 0 Å². The first-order valence-corrected chi connectivity index (χ1v) is 7.50. The van der Waals surface area contributed by atoms with E-state index in [0.29, 0.717) is 0 Å². The molecule has 0 fully saturated rings. The Balaban J connectivity index is 2.65. The van der Waals surface area contributed by atoms with Gasteiger partial charge in [0.2, 0.25) is 0 Å². The molecule has 94 valence electrons. The molecule has 1 aliphatic heterocycles. The topological polar surface area (TPSA) is 3.24 Å². The zero-order valence-corrected chi connectivity index (χ0v) is 13.0. The van der Waals surface area contributed by atoms with Gasteiger partial charge in [0.1, 0.15) is 0 Å². The molecule has 1 aromatic rings. The molecule has 3 heteroatoms. The van der Waals surface area contributed by atoms with Crippen LogP contribution in [0.25, 0.3) is 0 Å². The maximum atomic E-state index is 6.53. The van der Waals surface area contributed by atoms with Crippen molar-refractivity contribution in [3.63, 3.8) is 0 Å². The molecule has 0 atom stereocenters. The van der Waals surface area contributed by atoms with Gasteiger partial charge in [-0.05, 0) is 47.8 Å². The maximum absolute atomic E-state index is 6.53. The summed E-state index contributed by atoms with van der Waals surface area (Å²) in [7, 11) is 0. The first-order valence-electron chi connectivity index (χ1n) is 6.33. The number of nitrogens with zero attached hydrogens (tertiary/aromatic N) is 1. The van der Waals surface area contributed by atoms with Crippen LogP contribution in [-0.4, -0.2) is 13.1 Å². The van der Waals surface area contributed by atoms with Crippen LogP contribution in [0.2, 0.25) is 5.02 Å². The molecule has 0 radical (unpaired) electrons. The summed E-state index contributed by atoms with van der Waals surface area (Å²) in [6, 6.07) is 4.26. The number of rotatable bonds is 3. The van der Waals surface area contributed by atoms with Gasteiger partial charge in [-0.3, -0.25) is 0 Å². The minimum absolute atomic E-state index is 0.228. The van der Waals surface area contributed by atoms with Crippen molar-refractivity contribution in [2.75, 3.05) is 18.0 Å². The summed E-state index contributed by atoms with van der Waals surface area (Å²) in [5, 5.41) is 0.905. The van der Waals surface area contributed by atoms with Crippen LogP contribution >= 0.6 is 27.5 Å². The van der Waals surface area contributed by atoms with Crippen LogP contribution in [0.15, 0.2) is 16.6 Å². The molecule has 1 aromatic carbocycles. The average molecular weight is 317 g/mol. The molecule has 1 heterocycles. The summed E-state index contributed by atoms with van der Waals surface area (Å²) in [5.74, 6) is 0. The molecule has 1 nitrogen and oxygen atoms in total. The van der Waals surface area contributed by atoms with E-state index < -0.39 is 0 Å². The number of hydrogen-bond acceptors (Lipinski definition) is 1. The third-order valence-corrected chi connectivity index (χ3v) is 5.45. The second-order valence-corrected chi connectivity index (χ2v) is 5.99. The lowest BCUT2D eigenvalue weighted by molar-refractivity contribution is 0.421. The number of fused-ring (bicyclic) bond motifs is 1. The highest BCUT2D eigenvalue weighted by Crippen LogP contribution is 2.50. The fourth-order valence-corrected chi connectivity index (χ4v) is 3.64. The Morgan fingerprint density at radius 2 is 1.94 bits per heavy atom. The second-order valence-electron chi connectivity index (χ2n) is 4.76. The molecular weight excluding hydrogens is 298 g/mol. The van der Waals surface area contributed by atoms with Gasteiger partial charge in [-0.15, -0.1) is 0 Å². The molecule has 0 spiro atoms. The molecule has 0 aliphatic carbocycles. The number of likely N-dealkylation sites (N-methyl/N-ethyl adjacent to an activating group) is 1. The standard InChI is InChI=1S/C14H19BrClN/c1-4-14(5-2)9-17(6-3)11-8-7-10(15)13(16)12(11)14/h7-8H,4-6,9H2,1-3H3. The molecule has 0 saturated carbocycles. The van der Waals surface area contributed by atoms with Crippen LogP contribution in [0.1, 0.15) is 39.2 Å². The lowest BCUT2D eigenvalue weighted by atomic mass is 9.77. The zero-order valence-electron chi connectivity index (χ0n) is 10.7. The number of anilines is 1. The van der Waals surface area contributed by atoms with E-state index in [4.69, 9.17) is 11.6 Å². The van der Waals surface area contributed by atoms with Gasteiger partial charge in [0, 0.05) is 34.2 Å². The molecule has 0 amide bonds. The van der Waals surface area contributed by atoms with Crippen molar-refractivity contribution in [3.8, 4) is 0 Å². The van der Waals surface area contributed by atoms with Crippen molar-refractivity contribution in [1.29, 1.82) is 0 Å². The van der Waals surface area contributed by atoms with E-state index in [1.807, 2.05) is 0 Å². The molecule has 0 saturated heterocycles. The van der Waals surface area contributed by atoms with Crippen LogP contribution in [0.5, 0.6) is 0 Å². The van der Waals surface area contributed by atoms with Crippen molar-refractivity contribution in [1.82, 2.24) is 0 Å². The minimum Gasteiger partial charge on any atom is -0.371 e. The van der Waals surface area contributed by atoms with Crippen molar-refractivity contribution in [2.24, 2.45) is 0 Å². The normalized spacial score (nSPS) is 17.4. The van der Waals surface area contributed by atoms with Gasteiger partial charge in [0.15, 0.2) is 0 Å². The van der Waals surface area contributed by atoms with Crippen LogP contribution in [-0.2, 0) is 5.41 Å². The summed E-state index contributed by atoms with van der Waals surface area (Å²) >= 11 is 10.1. The highest BCUT2D eigenvalue weighted by atomic mass is 79.9. The SMILES string of the molecule is CCN1CC(CC)(CC)c2c1ccc(Br)c2Cl. The van der Waals surface area contributed by atoms with Crippen molar-refractivity contribution >= 4 is 33.2 Å². The van der Waals surface area contributed by atoms with E-state index in [1.165, 1.54) is 11.3 Å². The van der Waals surface area contributed by atoms with Gasteiger partial charge in [-0.1, -0.05) is 25.4 Å². The molecule has 2 rings (SSSR count). The Labute approximate surface area is 117 Å². The number of benzene rings is 1. The predicted molar refractivity (Wildman–Crippen MR) is 79.3 cm³/mol. The molecule has 1 aliphatic rings. The van der Waals surface area contributed by atoms with E-state index in [2.05, 4.69) is 53.7 Å². The average Bonchev–Trinajstić information content (AvgIpc) is 2.69. The van der Waals surface area contributed by atoms with Gasteiger partial charge in [0.25, 0.3) is 0 Å². The van der Waals surface area contributed by atoms with Crippen molar-refractivity contribution in [3.05, 3.63) is 27.2 Å². The summed E-state index contributed by atoms with van der Waals surface area (Å²) in [6.45, 7) is 8.89. The highest BCUT2D eigenvalue weighted by Gasteiger charge is 2.41. The highest BCUT2D eigenvalue weighted by molar-refractivity contribution is 9.10. The summed E-state index contributed by atoms with van der Waals surface area (Å²) in [4.78, 5) is 2.45. The van der Waals surface area contributed by atoms with Crippen molar-refractivity contribution < 1.29 is 0 Å². The van der Waals surface area contributed by atoms with E-state index in [1.54, 1.807) is 0 Å². The fourth-order valence-electron chi connectivity index (χ4n) is 2.95. The minimum atomic E-state index is 0.228. The van der Waals surface area contributed by atoms with Gasteiger partial charge in [-0.25, -0.2) is 0 Å². The Kier molecular flexibility index (Phi) is 3.74. The first kappa shape index (κ1) is 13.2. The Morgan fingerprint density at radius 3 is 2.47 bits per heavy atom. The molecular formula is C14H19BrClN. The van der Waals surface area contributed by atoms with Crippen LogP contribution in [0.3, 0.4) is 0 Å². The summed E-state index contributed by atoms with van der Waals surface area (Å²) in [6.07, 6.45) is 2.28. The molecule has 17 heavy (non-hydrogen) atoms. The van der Waals surface area contributed by atoms with Crippen LogP contribution < -0.4 is 4.90 Å². The second kappa shape index (κ2) is 4.81. The van der Waals surface area contributed by atoms with E-state index >= 15 is 0 Å². The predicted octanol–water partition coefficient (Wildman–Crippen LogP) is 5.00. The van der Waals surface area contributed by atoms with Gasteiger partial charge in [-0.2, -0.15) is 0 Å². The lowest BCUT2D eigenvalue weighted by Gasteiger charge is -2.28. The van der Waals surface area contributed by atoms with Crippen LogP contribution in [0.4, 0.5) is 5.69 Å². The molecule has 0 aromatic heterocycles. The fraction of sp³-hybridized carbons (Fsp3) is 0.571. The largest absolute Gasteiger partial charge is 0.371 e. The van der Waals surface area contributed by atoms with E-state index in [0.717, 1.165) is 35.4 Å². The van der Waals surface area contributed by atoms with Crippen molar-refractivity contribution in [2.45, 2.75) is 39.0 Å². The summed E-state index contributed by atoms with van der Waals surface area (Å²) in [5.41, 5.74) is 2.90. The zero-order chi connectivity index (χ0) is 12.6. The number of hydrogen-bond donors (Lipinski definition) is 0. The summed E-state index contributed by atoms with van der Waals surface area (Å²) < 4.78 is 1.02. The third kappa shape index (κ3) is 1.90. The maximum Gasteiger partial charge on any atom is 0.0607 e. The molecule has 0 bridgehead atoms. The Morgan fingerprint density at radius 1 is 1.29 bits per heavy atom. The molecule has 0 unspecified atom stereocenters. The number of halogens is 2. The lowest BCUT2D eigenvalue weighted by Crippen LogP contribution is -2.32. The van der Waals surface area contributed by atoms with Gasteiger partial charge in [0.05, 0.1) is 5.02 Å². The smallest absolute Gasteiger partial charge is 0.0607 e. The van der Waals surface area contributed by atoms with Gasteiger partial charge < -0.3 is 4.90 Å². The van der Waals surface area contributed by atoms with Gasteiger partial charge >= 0.3 is 0 Å². The van der Waals surface area contributed by atoms with Crippen LogP contribution in [0, 0.1) is 0 Å². The molecule has 0 N–H and O–H groups in total. The third-order valence-electron chi connectivity index (χ3n) is 4.17. The monoisotopic (exact) mass is 315 g/mol. The Bertz CT molecular complexity index is 426. The quantitative estimate of drug-likeness (QED) is 0.758. The first-order chi connectivity index (χ1) is 8.09. The Hall–Kier alpha value is -0.210. The van der Waals surface area contributed by atoms with E-state index in [-0.39, 0.29) is 5.41 Å².